The van der Waals surface area contributed by atoms with Gasteiger partial charge in [0, 0.05) is 13.1 Å². The topological polar surface area (TPSA) is 50.2 Å². The highest BCUT2D eigenvalue weighted by molar-refractivity contribution is 5.96. The fourth-order valence-electron chi connectivity index (χ4n) is 2.75. The second-order valence-corrected chi connectivity index (χ2v) is 6.67. The predicted octanol–water partition coefficient (Wildman–Crippen LogP) is 2.99. The standard InChI is InChI=1S/C19H27FN4O/c1-6-16-17(19(25)21-10-11-23(4)5)18(13(2)3)22-24(16)15-9-7-8-14(20)12-15/h7-9,12-13H,6,10-11H2,1-5H3,(H,21,25). The Morgan fingerprint density at radius 2 is 2.08 bits per heavy atom. The molecule has 5 nitrogen and oxygen atoms in total. The summed E-state index contributed by atoms with van der Waals surface area (Å²) in [4.78, 5) is 14.8. The molecule has 0 unspecified atom stereocenters. The van der Waals surface area contributed by atoms with Crippen molar-refractivity contribution >= 4 is 5.91 Å². The number of carbonyl (C=O) groups excluding carboxylic acids is 1. The third-order valence-electron chi connectivity index (χ3n) is 4.01. The molecule has 6 heteroatoms. The van der Waals surface area contributed by atoms with Gasteiger partial charge >= 0.3 is 0 Å². The van der Waals surface area contributed by atoms with Crippen molar-refractivity contribution in [1.29, 1.82) is 0 Å². The van der Waals surface area contributed by atoms with Gasteiger partial charge in [-0.2, -0.15) is 5.10 Å². The van der Waals surface area contributed by atoms with E-state index in [0.717, 1.165) is 17.9 Å². The summed E-state index contributed by atoms with van der Waals surface area (Å²) in [5, 5.41) is 7.60. The monoisotopic (exact) mass is 346 g/mol. The van der Waals surface area contributed by atoms with Crippen molar-refractivity contribution in [3.8, 4) is 5.69 Å². The van der Waals surface area contributed by atoms with Gasteiger partial charge in [0.25, 0.3) is 5.91 Å². The van der Waals surface area contributed by atoms with Gasteiger partial charge < -0.3 is 10.2 Å². The maximum absolute atomic E-state index is 13.6. The average molecular weight is 346 g/mol. The molecule has 1 amide bonds. The smallest absolute Gasteiger partial charge is 0.255 e. The number of hydrogen-bond donors (Lipinski definition) is 1. The SMILES string of the molecule is CCc1c(C(=O)NCCN(C)C)c(C(C)C)nn1-c1cccc(F)c1. The van der Waals surface area contributed by atoms with Crippen molar-refractivity contribution in [3.05, 3.63) is 47.0 Å². The number of likely N-dealkylation sites (N-methyl/N-ethyl adjacent to an activating group) is 1. The largest absolute Gasteiger partial charge is 0.351 e. The molecule has 0 aliphatic rings. The molecule has 0 atom stereocenters. The zero-order valence-corrected chi connectivity index (χ0v) is 15.6. The van der Waals surface area contributed by atoms with Gasteiger partial charge in [-0.15, -0.1) is 0 Å². The first kappa shape index (κ1) is 19.1. The highest BCUT2D eigenvalue weighted by Crippen LogP contribution is 2.25. The normalized spacial score (nSPS) is 11.4. The Labute approximate surface area is 148 Å². The number of rotatable bonds is 7. The minimum absolute atomic E-state index is 0.0923. The Bertz CT molecular complexity index is 737. The molecule has 1 aromatic heterocycles. The Hall–Kier alpha value is -2.21. The van der Waals surface area contributed by atoms with Crippen molar-refractivity contribution in [2.45, 2.75) is 33.1 Å². The molecule has 136 valence electrons. The second kappa shape index (κ2) is 8.25. The number of hydrogen-bond acceptors (Lipinski definition) is 3. The Morgan fingerprint density at radius 1 is 1.36 bits per heavy atom. The summed E-state index contributed by atoms with van der Waals surface area (Å²) in [5.74, 6) is -0.349. The van der Waals surface area contributed by atoms with Crippen LogP contribution in [-0.2, 0) is 6.42 Å². The van der Waals surface area contributed by atoms with Crippen LogP contribution in [0.15, 0.2) is 24.3 Å². The summed E-state index contributed by atoms with van der Waals surface area (Å²) in [6, 6.07) is 6.28. The fraction of sp³-hybridized carbons (Fsp3) is 0.474. The van der Waals surface area contributed by atoms with Crippen molar-refractivity contribution < 1.29 is 9.18 Å². The Kier molecular flexibility index (Phi) is 6.31. The molecule has 2 rings (SSSR count). The van der Waals surface area contributed by atoms with Gasteiger partial charge in [0.2, 0.25) is 0 Å². The van der Waals surface area contributed by atoms with Gasteiger partial charge in [0.05, 0.1) is 22.6 Å². The van der Waals surface area contributed by atoms with E-state index in [9.17, 15) is 9.18 Å². The summed E-state index contributed by atoms with van der Waals surface area (Å²) >= 11 is 0. The third kappa shape index (κ3) is 4.45. The number of aromatic nitrogens is 2. The minimum Gasteiger partial charge on any atom is -0.351 e. The molecule has 1 heterocycles. The number of benzene rings is 1. The van der Waals surface area contributed by atoms with E-state index in [2.05, 4.69) is 10.4 Å². The van der Waals surface area contributed by atoms with Crippen molar-refractivity contribution in [3.63, 3.8) is 0 Å². The van der Waals surface area contributed by atoms with E-state index < -0.39 is 0 Å². The van der Waals surface area contributed by atoms with Gasteiger partial charge in [-0.1, -0.05) is 26.8 Å². The maximum atomic E-state index is 13.6. The van der Waals surface area contributed by atoms with Gasteiger partial charge in [0.15, 0.2) is 0 Å². The number of amides is 1. The highest BCUT2D eigenvalue weighted by Gasteiger charge is 2.25. The van der Waals surface area contributed by atoms with E-state index in [1.165, 1.54) is 12.1 Å². The zero-order valence-electron chi connectivity index (χ0n) is 15.6. The number of halogens is 1. The first-order valence-corrected chi connectivity index (χ1v) is 8.65. The third-order valence-corrected chi connectivity index (χ3v) is 4.01. The summed E-state index contributed by atoms with van der Waals surface area (Å²) in [7, 11) is 3.93. The molecule has 2 aromatic rings. The summed E-state index contributed by atoms with van der Waals surface area (Å²) in [6.45, 7) is 7.33. The van der Waals surface area contributed by atoms with Crippen LogP contribution in [0.4, 0.5) is 4.39 Å². The number of carbonyl (C=O) groups is 1. The van der Waals surface area contributed by atoms with Crippen LogP contribution < -0.4 is 5.32 Å². The molecule has 1 N–H and O–H groups in total. The molecular formula is C19H27FN4O. The molecule has 1 aromatic carbocycles. The van der Waals surface area contributed by atoms with Crippen LogP contribution in [0, 0.1) is 5.82 Å². The molecule has 0 spiro atoms. The van der Waals surface area contributed by atoms with E-state index in [1.54, 1.807) is 16.8 Å². The first-order valence-electron chi connectivity index (χ1n) is 8.65. The van der Waals surface area contributed by atoms with Crippen LogP contribution in [0.3, 0.4) is 0 Å². The highest BCUT2D eigenvalue weighted by atomic mass is 19.1. The lowest BCUT2D eigenvalue weighted by molar-refractivity contribution is 0.0949. The Morgan fingerprint density at radius 3 is 2.64 bits per heavy atom. The van der Waals surface area contributed by atoms with Gasteiger partial charge in [-0.05, 0) is 44.6 Å². The first-order chi connectivity index (χ1) is 11.8. The number of nitrogens with one attached hydrogen (secondary N) is 1. The van der Waals surface area contributed by atoms with E-state index in [0.29, 0.717) is 24.2 Å². The number of nitrogens with zero attached hydrogens (tertiary/aromatic N) is 3. The van der Waals surface area contributed by atoms with Crippen LogP contribution in [0.5, 0.6) is 0 Å². The lowest BCUT2D eigenvalue weighted by atomic mass is 10.0. The summed E-state index contributed by atoms with van der Waals surface area (Å²) < 4.78 is 15.3. The van der Waals surface area contributed by atoms with E-state index in [4.69, 9.17) is 0 Å². The maximum Gasteiger partial charge on any atom is 0.255 e. The van der Waals surface area contributed by atoms with Gasteiger partial charge in [-0.25, -0.2) is 9.07 Å². The molecular weight excluding hydrogens is 319 g/mol. The molecule has 0 radical (unpaired) electrons. The zero-order chi connectivity index (χ0) is 18.6. The van der Waals surface area contributed by atoms with Gasteiger partial charge in [0.1, 0.15) is 5.82 Å². The Balaban J connectivity index is 2.45. The average Bonchev–Trinajstić information content (AvgIpc) is 2.94. The molecule has 0 aliphatic carbocycles. The minimum atomic E-state index is -0.321. The molecule has 0 saturated heterocycles. The van der Waals surface area contributed by atoms with Crippen LogP contribution >= 0.6 is 0 Å². The van der Waals surface area contributed by atoms with E-state index in [-0.39, 0.29) is 17.6 Å². The molecule has 0 bridgehead atoms. The van der Waals surface area contributed by atoms with Crippen LogP contribution in [0.1, 0.15) is 48.4 Å². The second-order valence-electron chi connectivity index (χ2n) is 6.67. The van der Waals surface area contributed by atoms with Gasteiger partial charge in [-0.3, -0.25) is 4.79 Å². The fourth-order valence-corrected chi connectivity index (χ4v) is 2.75. The molecule has 0 saturated carbocycles. The van der Waals surface area contributed by atoms with Crippen molar-refractivity contribution in [1.82, 2.24) is 20.0 Å². The quantitative estimate of drug-likeness (QED) is 0.838. The molecule has 25 heavy (non-hydrogen) atoms. The van der Waals surface area contributed by atoms with Crippen molar-refractivity contribution in [2.75, 3.05) is 27.2 Å². The van der Waals surface area contributed by atoms with Crippen LogP contribution in [0.2, 0.25) is 0 Å². The summed E-state index contributed by atoms with van der Waals surface area (Å²) in [5.41, 5.74) is 2.78. The lowest BCUT2D eigenvalue weighted by Gasteiger charge is -2.12. The van der Waals surface area contributed by atoms with Crippen LogP contribution in [0.25, 0.3) is 5.69 Å². The lowest BCUT2D eigenvalue weighted by Crippen LogP contribution is -2.32. The van der Waals surface area contributed by atoms with Crippen molar-refractivity contribution in [2.24, 2.45) is 0 Å². The predicted molar refractivity (Wildman–Crippen MR) is 97.9 cm³/mol. The molecule has 0 aliphatic heterocycles. The van der Waals surface area contributed by atoms with E-state index in [1.807, 2.05) is 39.8 Å². The van der Waals surface area contributed by atoms with E-state index >= 15 is 0 Å². The summed E-state index contributed by atoms with van der Waals surface area (Å²) in [6.07, 6.45) is 0.632. The molecule has 0 fully saturated rings. The van der Waals surface area contributed by atoms with Crippen LogP contribution in [-0.4, -0.2) is 47.8 Å².